The Balaban J connectivity index is 1.81. The zero-order chi connectivity index (χ0) is 22.4. The maximum atomic E-state index is 14.6. The quantitative estimate of drug-likeness (QED) is 0.489. The molecule has 9 nitrogen and oxygen atoms in total. The number of pyridine rings is 1. The van der Waals surface area contributed by atoms with Crippen LogP contribution in [-0.4, -0.2) is 65.5 Å². The molecule has 0 radical (unpaired) electrons. The first-order valence-electron chi connectivity index (χ1n) is 10.2. The molecule has 1 aliphatic heterocycles. The lowest BCUT2D eigenvalue weighted by molar-refractivity contribution is 0.123. The summed E-state index contributed by atoms with van der Waals surface area (Å²) in [5.74, 6) is -0.549. The van der Waals surface area contributed by atoms with Crippen LogP contribution in [0.3, 0.4) is 0 Å². The van der Waals surface area contributed by atoms with E-state index in [9.17, 15) is 18.3 Å². The van der Waals surface area contributed by atoms with E-state index in [-0.39, 0.29) is 5.69 Å². The van der Waals surface area contributed by atoms with Gasteiger partial charge < -0.3 is 10.0 Å². The lowest BCUT2D eigenvalue weighted by Crippen LogP contribution is -2.38. The first-order valence-corrected chi connectivity index (χ1v) is 10.2. The Hall–Kier alpha value is -3.41. The SMILES string of the molecule is Cn1ncc(F)c1-c1cc(N2CCC[C@H](O)C2)c2c(n1)c(-c1ccn[nH]1)nn2CC(F)F. The molecule has 5 heterocycles. The molecule has 1 atom stereocenters. The lowest BCUT2D eigenvalue weighted by Gasteiger charge is -2.32. The van der Waals surface area contributed by atoms with Gasteiger partial charge in [-0.15, -0.1) is 0 Å². The molecule has 0 spiro atoms. The average Bonchev–Trinajstić information content (AvgIpc) is 3.47. The highest BCUT2D eigenvalue weighted by Gasteiger charge is 2.27. The molecule has 1 saturated heterocycles. The molecule has 5 rings (SSSR count). The molecule has 0 amide bonds. The topological polar surface area (TPSA) is 101 Å². The maximum absolute atomic E-state index is 14.6. The number of β-amino-alcohol motifs (C(OH)–C–C–N with tert-alkyl or cyclic N) is 1. The number of fused-ring (bicyclic) bond motifs is 1. The number of nitrogens with zero attached hydrogens (tertiary/aromatic N) is 7. The minimum Gasteiger partial charge on any atom is -0.391 e. The molecular weight excluding hydrogens is 425 g/mol. The number of alkyl halides is 2. The van der Waals surface area contributed by atoms with E-state index < -0.39 is 24.9 Å². The van der Waals surface area contributed by atoms with E-state index in [1.165, 1.54) is 15.6 Å². The highest BCUT2D eigenvalue weighted by molar-refractivity contribution is 5.99. The van der Waals surface area contributed by atoms with E-state index in [1.807, 2.05) is 4.90 Å². The van der Waals surface area contributed by atoms with Crippen LogP contribution in [0.1, 0.15) is 12.8 Å². The molecule has 0 unspecified atom stereocenters. The van der Waals surface area contributed by atoms with Crippen molar-refractivity contribution in [2.24, 2.45) is 7.05 Å². The van der Waals surface area contributed by atoms with Gasteiger partial charge in [-0.25, -0.2) is 18.2 Å². The van der Waals surface area contributed by atoms with Crippen molar-refractivity contribution in [1.82, 2.24) is 34.7 Å². The molecule has 168 valence electrons. The minimum absolute atomic E-state index is 0.169. The summed E-state index contributed by atoms with van der Waals surface area (Å²) >= 11 is 0. The van der Waals surface area contributed by atoms with Gasteiger partial charge in [0.15, 0.2) is 5.82 Å². The van der Waals surface area contributed by atoms with Crippen molar-refractivity contribution in [2.45, 2.75) is 31.9 Å². The van der Waals surface area contributed by atoms with Gasteiger partial charge in [0.1, 0.15) is 29.0 Å². The van der Waals surface area contributed by atoms with Crippen molar-refractivity contribution in [1.29, 1.82) is 0 Å². The Morgan fingerprint density at radius 3 is 2.84 bits per heavy atom. The largest absolute Gasteiger partial charge is 0.391 e. The number of aromatic nitrogens is 7. The summed E-state index contributed by atoms with van der Waals surface area (Å²) < 4.78 is 44.0. The molecule has 1 fully saturated rings. The van der Waals surface area contributed by atoms with E-state index in [4.69, 9.17) is 0 Å². The Bertz CT molecular complexity index is 1230. The number of aliphatic hydroxyl groups is 1. The standard InChI is InChI=1S/C20H21F3N8O/c1-29-19(12(21)8-25-29)14-7-15(30-6-2-3-11(32)9-30)20-18(26-14)17(13-4-5-24-27-13)28-31(20)10-16(22)23/h4-5,7-8,11,16,32H,2-3,6,9-10H2,1H3,(H,24,27)/t11-/m0/s1. The highest BCUT2D eigenvalue weighted by atomic mass is 19.3. The second kappa shape index (κ2) is 7.93. The fraction of sp³-hybridized carbons (Fsp3) is 0.400. The summed E-state index contributed by atoms with van der Waals surface area (Å²) in [5.41, 5.74) is 2.59. The Labute approximate surface area is 180 Å². The summed E-state index contributed by atoms with van der Waals surface area (Å²) in [6, 6.07) is 3.32. The summed E-state index contributed by atoms with van der Waals surface area (Å²) in [5, 5.41) is 25.3. The number of rotatable bonds is 5. The van der Waals surface area contributed by atoms with E-state index >= 15 is 0 Å². The number of H-pyrrole nitrogens is 1. The number of aryl methyl sites for hydroxylation is 1. The molecule has 32 heavy (non-hydrogen) atoms. The third kappa shape index (κ3) is 3.49. The third-order valence-corrected chi connectivity index (χ3v) is 5.62. The van der Waals surface area contributed by atoms with Gasteiger partial charge in [-0.2, -0.15) is 15.3 Å². The predicted molar refractivity (Wildman–Crippen MR) is 111 cm³/mol. The van der Waals surface area contributed by atoms with Crippen molar-refractivity contribution in [3.63, 3.8) is 0 Å². The normalized spacial score (nSPS) is 17.1. The molecule has 4 aromatic rings. The van der Waals surface area contributed by atoms with Gasteiger partial charge in [0.05, 0.1) is 29.4 Å². The highest BCUT2D eigenvalue weighted by Crippen LogP contribution is 2.37. The van der Waals surface area contributed by atoms with Crippen LogP contribution in [0.15, 0.2) is 24.5 Å². The molecule has 0 aromatic carbocycles. The molecule has 0 bridgehead atoms. The van der Waals surface area contributed by atoms with Crippen molar-refractivity contribution in [3.8, 4) is 22.8 Å². The fourth-order valence-corrected chi connectivity index (χ4v) is 4.23. The van der Waals surface area contributed by atoms with Gasteiger partial charge in [0.25, 0.3) is 6.43 Å². The second-order valence-electron chi connectivity index (χ2n) is 7.82. The molecular formula is C20H21F3N8O. The smallest absolute Gasteiger partial charge is 0.257 e. The fourth-order valence-electron chi connectivity index (χ4n) is 4.23. The van der Waals surface area contributed by atoms with Crippen molar-refractivity contribution >= 4 is 16.7 Å². The van der Waals surface area contributed by atoms with Crippen LogP contribution >= 0.6 is 0 Å². The van der Waals surface area contributed by atoms with Gasteiger partial charge in [-0.05, 0) is 25.0 Å². The zero-order valence-electron chi connectivity index (χ0n) is 17.2. The molecule has 12 heteroatoms. The number of piperidine rings is 1. The van der Waals surface area contributed by atoms with Crippen molar-refractivity contribution in [3.05, 3.63) is 30.3 Å². The number of aromatic amines is 1. The molecule has 1 aliphatic rings. The molecule has 4 aromatic heterocycles. The number of aliphatic hydroxyl groups excluding tert-OH is 1. The number of nitrogens with one attached hydrogen (secondary N) is 1. The second-order valence-corrected chi connectivity index (χ2v) is 7.82. The zero-order valence-corrected chi connectivity index (χ0v) is 17.2. The van der Waals surface area contributed by atoms with Gasteiger partial charge in [0, 0.05) is 26.3 Å². The third-order valence-electron chi connectivity index (χ3n) is 5.62. The predicted octanol–water partition coefficient (Wildman–Crippen LogP) is 2.59. The van der Waals surface area contributed by atoms with Crippen LogP contribution in [0.4, 0.5) is 18.9 Å². The van der Waals surface area contributed by atoms with Gasteiger partial charge >= 0.3 is 0 Å². The van der Waals surface area contributed by atoms with E-state index in [1.54, 1.807) is 19.2 Å². The molecule has 2 N–H and O–H groups in total. The summed E-state index contributed by atoms with van der Waals surface area (Å²) in [4.78, 5) is 6.54. The summed E-state index contributed by atoms with van der Waals surface area (Å²) in [6.45, 7) is 0.309. The summed E-state index contributed by atoms with van der Waals surface area (Å²) in [6.07, 6.45) is 0.825. The number of hydrogen-bond acceptors (Lipinski definition) is 6. The maximum Gasteiger partial charge on any atom is 0.257 e. The molecule has 0 aliphatic carbocycles. The monoisotopic (exact) mass is 446 g/mol. The van der Waals surface area contributed by atoms with Crippen LogP contribution in [0.25, 0.3) is 33.8 Å². The lowest BCUT2D eigenvalue weighted by atomic mass is 10.1. The Kier molecular flexibility index (Phi) is 5.08. The van der Waals surface area contributed by atoms with Gasteiger partial charge in [-0.1, -0.05) is 0 Å². The first kappa shape index (κ1) is 20.5. The number of halogens is 3. The van der Waals surface area contributed by atoms with E-state index in [2.05, 4.69) is 25.4 Å². The van der Waals surface area contributed by atoms with Gasteiger partial charge in [0.2, 0.25) is 0 Å². The van der Waals surface area contributed by atoms with Crippen LogP contribution < -0.4 is 4.90 Å². The molecule has 0 saturated carbocycles. The van der Waals surface area contributed by atoms with Crippen molar-refractivity contribution < 1.29 is 18.3 Å². The van der Waals surface area contributed by atoms with Gasteiger partial charge in [-0.3, -0.25) is 14.5 Å². The van der Waals surface area contributed by atoms with Crippen LogP contribution in [-0.2, 0) is 13.6 Å². The Morgan fingerprint density at radius 2 is 2.19 bits per heavy atom. The minimum atomic E-state index is -2.64. The van der Waals surface area contributed by atoms with Crippen LogP contribution in [0.5, 0.6) is 0 Å². The Morgan fingerprint density at radius 1 is 1.34 bits per heavy atom. The summed E-state index contributed by atoms with van der Waals surface area (Å²) in [7, 11) is 1.60. The first-order chi connectivity index (χ1) is 15.4. The van der Waals surface area contributed by atoms with Crippen LogP contribution in [0.2, 0.25) is 0 Å². The van der Waals surface area contributed by atoms with E-state index in [0.717, 1.165) is 12.6 Å². The van der Waals surface area contributed by atoms with Crippen molar-refractivity contribution in [2.75, 3.05) is 18.0 Å². The average molecular weight is 446 g/mol. The number of hydrogen-bond donors (Lipinski definition) is 2. The van der Waals surface area contributed by atoms with E-state index in [0.29, 0.717) is 53.3 Å². The van der Waals surface area contributed by atoms with Crippen LogP contribution in [0, 0.1) is 5.82 Å². The number of anilines is 1.